The maximum Gasteiger partial charge on any atom is 0.325 e. The molecule has 0 spiro atoms. The molecule has 1 aromatic carbocycles. The number of benzene rings is 1. The zero-order valence-electron chi connectivity index (χ0n) is 15.8. The Hall–Kier alpha value is -2.37. The average Bonchev–Trinajstić information content (AvgIpc) is 2.62. The maximum atomic E-state index is 12.1. The van der Waals surface area contributed by atoms with Gasteiger partial charge in [-0.05, 0) is 55.9 Å². The van der Waals surface area contributed by atoms with Gasteiger partial charge in [0.1, 0.15) is 6.54 Å². The topological polar surface area (TPSA) is 84.5 Å². The third-order valence-corrected chi connectivity index (χ3v) is 4.98. The van der Waals surface area contributed by atoms with E-state index < -0.39 is 5.97 Å². The molecule has 26 heavy (non-hydrogen) atoms. The fourth-order valence-corrected chi connectivity index (χ4v) is 3.11. The maximum absolute atomic E-state index is 12.1. The third kappa shape index (κ3) is 5.86. The third-order valence-electron chi connectivity index (χ3n) is 4.98. The van der Waals surface area contributed by atoms with Crippen LogP contribution in [-0.4, -0.2) is 37.0 Å². The number of nitrogens with one attached hydrogen (secondary N) is 2. The molecule has 1 aliphatic rings. The Labute approximate surface area is 154 Å². The van der Waals surface area contributed by atoms with Crippen LogP contribution in [0.2, 0.25) is 0 Å². The minimum Gasteiger partial charge on any atom is -0.454 e. The number of carbonyl (C=O) groups excluding carboxylic acids is 3. The van der Waals surface area contributed by atoms with Gasteiger partial charge in [-0.2, -0.15) is 0 Å². The molecule has 0 bridgehead atoms. The molecule has 1 aromatic rings. The first-order chi connectivity index (χ1) is 12.4. The number of ether oxygens (including phenoxy) is 1. The van der Waals surface area contributed by atoms with Gasteiger partial charge in [-0.1, -0.05) is 25.8 Å². The van der Waals surface area contributed by atoms with Crippen molar-refractivity contribution in [1.29, 1.82) is 0 Å². The highest BCUT2D eigenvalue weighted by Crippen LogP contribution is 2.23. The zero-order valence-corrected chi connectivity index (χ0v) is 15.8. The van der Waals surface area contributed by atoms with Crippen molar-refractivity contribution in [3.05, 3.63) is 34.9 Å². The molecule has 0 radical (unpaired) electrons. The summed E-state index contributed by atoms with van der Waals surface area (Å²) in [5.41, 5.74) is 2.60. The first-order valence-electron chi connectivity index (χ1n) is 9.17. The van der Waals surface area contributed by atoms with Crippen molar-refractivity contribution >= 4 is 17.8 Å². The van der Waals surface area contributed by atoms with Crippen LogP contribution in [0, 0.1) is 19.8 Å². The summed E-state index contributed by atoms with van der Waals surface area (Å²) in [6, 6.07) is 5.50. The summed E-state index contributed by atoms with van der Waals surface area (Å²) in [7, 11) is 0. The van der Waals surface area contributed by atoms with E-state index in [4.69, 9.17) is 4.74 Å². The molecule has 2 amide bonds. The highest BCUT2D eigenvalue weighted by molar-refractivity contribution is 5.96. The first kappa shape index (κ1) is 19.9. The fourth-order valence-electron chi connectivity index (χ4n) is 3.11. The van der Waals surface area contributed by atoms with E-state index in [1.54, 1.807) is 12.1 Å². The van der Waals surface area contributed by atoms with Crippen molar-refractivity contribution in [3.8, 4) is 0 Å². The Kier molecular flexibility index (Phi) is 7.18. The molecule has 2 atom stereocenters. The largest absolute Gasteiger partial charge is 0.454 e. The van der Waals surface area contributed by atoms with Gasteiger partial charge >= 0.3 is 5.97 Å². The van der Waals surface area contributed by atoms with Crippen LogP contribution in [0.4, 0.5) is 0 Å². The minimum absolute atomic E-state index is 0.152. The molecule has 2 N–H and O–H groups in total. The van der Waals surface area contributed by atoms with Gasteiger partial charge < -0.3 is 15.4 Å². The smallest absolute Gasteiger partial charge is 0.325 e. The van der Waals surface area contributed by atoms with Crippen molar-refractivity contribution in [2.24, 2.45) is 5.92 Å². The van der Waals surface area contributed by atoms with Crippen molar-refractivity contribution in [2.75, 3.05) is 13.2 Å². The van der Waals surface area contributed by atoms with E-state index in [0.29, 0.717) is 11.5 Å². The molecule has 0 aliphatic heterocycles. The normalized spacial score (nSPS) is 19.5. The highest BCUT2D eigenvalue weighted by atomic mass is 16.5. The molecule has 0 unspecified atom stereocenters. The summed E-state index contributed by atoms with van der Waals surface area (Å²) in [4.78, 5) is 35.7. The van der Waals surface area contributed by atoms with Crippen LogP contribution in [0.25, 0.3) is 0 Å². The summed E-state index contributed by atoms with van der Waals surface area (Å²) in [6.07, 6.45) is 4.38. The monoisotopic (exact) mass is 360 g/mol. The second-order valence-corrected chi connectivity index (χ2v) is 7.08. The van der Waals surface area contributed by atoms with Crippen LogP contribution in [-0.2, 0) is 14.3 Å². The molecule has 6 nitrogen and oxygen atoms in total. The Morgan fingerprint density at radius 1 is 1.12 bits per heavy atom. The standard InChI is InChI=1S/C20H28N2O4/c1-13-8-9-16(10-15(13)3)20(25)21-11-19(24)26-12-18(23)22-17-7-5-4-6-14(17)2/h8-10,14,17H,4-7,11-12H2,1-3H3,(H,21,25)(H,22,23)/t14-,17-/m1/s1. The van der Waals surface area contributed by atoms with Gasteiger partial charge in [0.2, 0.25) is 0 Å². The molecular formula is C20H28N2O4. The summed E-state index contributed by atoms with van der Waals surface area (Å²) in [6.45, 7) is 5.43. The van der Waals surface area contributed by atoms with E-state index in [-0.39, 0.29) is 31.0 Å². The van der Waals surface area contributed by atoms with Crippen LogP contribution in [0.5, 0.6) is 0 Å². The summed E-state index contributed by atoms with van der Waals surface area (Å²) < 4.78 is 4.94. The van der Waals surface area contributed by atoms with E-state index in [0.717, 1.165) is 30.4 Å². The Morgan fingerprint density at radius 2 is 1.85 bits per heavy atom. The average molecular weight is 360 g/mol. The van der Waals surface area contributed by atoms with E-state index in [2.05, 4.69) is 17.6 Å². The van der Waals surface area contributed by atoms with Gasteiger partial charge in [0.25, 0.3) is 11.8 Å². The van der Waals surface area contributed by atoms with Crippen molar-refractivity contribution in [1.82, 2.24) is 10.6 Å². The number of hydrogen-bond donors (Lipinski definition) is 2. The Bertz CT molecular complexity index is 672. The molecule has 0 aromatic heterocycles. The van der Waals surface area contributed by atoms with Gasteiger partial charge in [-0.25, -0.2) is 0 Å². The van der Waals surface area contributed by atoms with Crippen LogP contribution in [0.1, 0.15) is 54.1 Å². The zero-order chi connectivity index (χ0) is 19.1. The van der Waals surface area contributed by atoms with Crippen molar-refractivity contribution in [3.63, 3.8) is 0 Å². The lowest BCUT2D eigenvalue weighted by Gasteiger charge is -2.29. The van der Waals surface area contributed by atoms with Crippen LogP contribution >= 0.6 is 0 Å². The Balaban J connectivity index is 1.70. The second kappa shape index (κ2) is 9.36. The molecule has 1 fully saturated rings. The number of carbonyl (C=O) groups is 3. The van der Waals surface area contributed by atoms with Gasteiger partial charge in [-0.3, -0.25) is 14.4 Å². The number of amides is 2. The van der Waals surface area contributed by atoms with E-state index in [1.165, 1.54) is 6.42 Å². The number of esters is 1. The van der Waals surface area contributed by atoms with Gasteiger partial charge in [-0.15, -0.1) is 0 Å². The van der Waals surface area contributed by atoms with Crippen LogP contribution in [0.15, 0.2) is 18.2 Å². The SMILES string of the molecule is Cc1ccc(C(=O)NCC(=O)OCC(=O)N[C@@H]2CCCC[C@H]2C)cc1C. The molecule has 0 saturated heterocycles. The van der Waals surface area contributed by atoms with E-state index in [1.807, 2.05) is 19.9 Å². The predicted molar refractivity (Wildman–Crippen MR) is 98.8 cm³/mol. The molecule has 0 heterocycles. The number of hydrogen-bond acceptors (Lipinski definition) is 4. The summed E-state index contributed by atoms with van der Waals surface area (Å²) in [5, 5.41) is 5.44. The molecule has 142 valence electrons. The van der Waals surface area contributed by atoms with Gasteiger partial charge in [0, 0.05) is 11.6 Å². The molecule has 2 rings (SSSR count). The summed E-state index contributed by atoms with van der Waals surface area (Å²) >= 11 is 0. The van der Waals surface area contributed by atoms with Crippen LogP contribution in [0.3, 0.4) is 0 Å². The molecule has 1 saturated carbocycles. The second-order valence-electron chi connectivity index (χ2n) is 7.08. The lowest BCUT2D eigenvalue weighted by atomic mass is 9.86. The lowest BCUT2D eigenvalue weighted by Crippen LogP contribution is -2.43. The molecule has 6 heteroatoms. The van der Waals surface area contributed by atoms with Gasteiger partial charge in [0.05, 0.1) is 0 Å². The van der Waals surface area contributed by atoms with Crippen molar-refractivity contribution < 1.29 is 19.1 Å². The summed E-state index contributed by atoms with van der Waals surface area (Å²) in [5.74, 6) is -0.821. The molecule has 1 aliphatic carbocycles. The number of aryl methyl sites for hydroxylation is 2. The Morgan fingerprint density at radius 3 is 2.54 bits per heavy atom. The van der Waals surface area contributed by atoms with Gasteiger partial charge in [0.15, 0.2) is 6.61 Å². The fraction of sp³-hybridized carbons (Fsp3) is 0.550. The number of rotatable bonds is 6. The van der Waals surface area contributed by atoms with E-state index in [9.17, 15) is 14.4 Å². The molecular weight excluding hydrogens is 332 g/mol. The van der Waals surface area contributed by atoms with E-state index >= 15 is 0 Å². The lowest BCUT2D eigenvalue weighted by molar-refractivity contribution is -0.147. The highest BCUT2D eigenvalue weighted by Gasteiger charge is 2.23. The van der Waals surface area contributed by atoms with Crippen LogP contribution < -0.4 is 10.6 Å². The quantitative estimate of drug-likeness (QED) is 0.762. The predicted octanol–water partition coefficient (Wildman–Crippen LogP) is 2.27. The van der Waals surface area contributed by atoms with Crippen molar-refractivity contribution in [2.45, 2.75) is 52.5 Å². The first-order valence-corrected chi connectivity index (χ1v) is 9.17. The minimum atomic E-state index is -0.631.